The van der Waals surface area contributed by atoms with Gasteiger partial charge in [0.25, 0.3) is 5.91 Å². The minimum atomic E-state index is -0.598. The van der Waals surface area contributed by atoms with E-state index in [1.807, 2.05) is 19.1 Å². The molecule has 16 heavy (non-hydrogen) atoms. The Morgan fingerprint density at radius 2 is 2.44 bits per heavy atom. The third-order valence-electron chi connectivity index (χ3n) is 2.33. The van der Waals surface area contributed by atoms with E-state index in [1.54, 1.807) is 12.4 Å². The molecule has 5 heteroatoms. The average molecular weight is 223 g/mol. The fourth-order valence-electron chi connectivity index (χ4n) is 1.33. The summed E-state index contributed by atoms with van der Waals surface area (Å²) in [6.45, 7) is 2.06. The zero-order chi connectivity index (χ0) is 12.0. The molecule has 0 aromatic carbocycles. The number of pyridine rings is 1. The second kappa shape index (κ2) is 6.19. The van der Waals surface area contributed by atoms with E-state index in [4.69, 9.17) is 10.5 Å². The monoisotopic (exact) mass is 223 g/mol. The van der Waals surface area contributed by atoms with Gasteiger partial charge in [-0.05, 0) is 18.6 Å². The van der Waals surface area contributed by atoms with Gasteiger partial charge in [-0.2, -0.15) is 0 Å². The highest BCUT2D eigenvalue weighted by Gasteiger charge is 2.18. The zero-order valence-corrected chi connectivity index (χ0v) is 9.51. The van der Waals surface area contributed by atoms with Gasteiger partial charge >= 0.3 is 0 Å². The first-order chi connectivity index (χ1) is 7.69. The Bertz CT molecular complexity index is 325. The quantitative estimate of drug-likeness (QED) is 0.749. The highest BCUT2D eigenvalue weighted by atomic mass is 16.5. The largest absolute Gasteiger partial charge is 0.370 e. The van der Waals surface area contributed by atoms with E-state index >= 15 is 0 Å². The van der Waals surface area contributed by atoms with Gasteiger partial charge in [0.05, 0.1) is 6.04 Å². The van der Waals surface area contributed by atoms with E-state index < -0.39 is 6.10 Å². The van der Waals surface area contributed by atoms with Crippen LogP contribution < -0.4 is 11.1 Å². The molecule has 0 radical (unpaired) electrons. The van der Waals surface area contributed by atoms with Gasteiger partial charge in [0.2, 0.25) is 0 Å². The molecule has 0 saturated carbocycles. The number of carbonyl (C=O) groups is 1. The normalized spacial score (nSPS) is 14.2. The number of amides is 1. The van der Waals surface area contributed by atoms with Gasteiger partial charge in [-0.15, -0.1) is 0 Å². The molecule has 1 unspecified atom stereocenters. The lowest BCUT2D eigenvalue weighted by molar-refractivity contribution is -0.131. The minimum absolute atomic E-state index is 0.106. The van der Waals surface area contributed by atoms with Crippen LogP contribution in [0.3, 0.4) is 0 Å². The molecule has 1 amide bonds. The van der Waals surface area contributed by atoms with E-state index in [9.17, 15) is 4.79 Å². The van der Waals surface area contributed by atoms with Crippen LogP contribution in [0.2, 0.25) is 0 Å². The second-order valence-corrected chi connectivity index (χ2v) is 3.48. The zero-order valence-electron chi connectivity index (χ0n) is 9.51. The lowest BCUT2D eigenvalue weighted by Gasteiger charge is -2.18. The number of ether oxygens (including phenoxy) is 1. The fourth-order valence-corrected chi connectivity index (χ4v) is 1.33. The molecular weight excluding hydrogens is 206 g/mol. The van der Waals surface area contributed by atoms with Crippen LogP contribution in [0.15, 0.2) is 24.5 Å². The van der Waals surface area contributed by atoms with Crippen LogP contribution >= 0.6 is 0 Å². The topological polar surface area (TPSA) is 77.2 Å². The van der Waals surface area contributed by atoms with Crippen molar-refractivity contribution in [3.05, 3.63) is 30.1 Å². The van der Waals surface area contributed by atoms with Gasteiger partial charge in [-0.1, -0.05) is 6.07 Å². The van der Waals surface area contributed by atoms with Crippen LogP contribution in [0.1, 0.15) is 18.5 Å². The molecule has 3 N–H and O–H groups in total. The number of nitrogens with zero attached hydrogens (tertiary/aromatic N) is 1. The van der Waals surface area contributed by atoms with Crippen LogP contribution in [0.5, 0.6) is 0 Å². The van der Waals surface area contributed by atoms with Crippen molar-refractivity contribution in [2.45, 2.75) is 19.1 Å². The average Bonchev–Trinajstić information content (AvgIpc) is 2.31. The minimum Gasteiger partial charge on any atom is -0.370 e. The summed E-state index contributed by atoms with van der Waals surface area (Å²) in [6, 6.07) is 3.63. The molecule has 5 nitrogen and oxygen atoms in total. The van der Waals surface area contributed by atoms with Crippen LogP contribution in [0, 0.1) is 0 Å². The fraction of sp³-hybridized carbons (Fsp3) is 0.455. The number of carbonyl (C=O) groups excluding carboxylic acids is 1. The molecule has 0 fully saturated rings. The highest BCUT2D eigenvalue weighted by Crippen LogP contribution is 2.09. The summed E-state index contributed by atoms with van der Waals surface area (Å²) in [7, 11) is 1.46. The van der Waals surface area contributed by atoms with E-state index in [0.717, 1.165) is 5.56 Å². The number of hydrogen-bond donors (Lipinski definition) is 2. The maximum atomic E-state index is 11.7. The smallest absolute Gasteiger partial charge is 0.250 e. The van der Waals surface area contributed by atoms with Gasteiger partial charge in [-0.25, -0.2) is 0 Å². The first-order valence-electron chi connectivity index (χ1n) is 5.12. The SMILES string of the molecule is COC(CN)C(=O)N[C@@H](C)c1cccnc1. The van der Waals surface area contributed by atoms with Crippen LogP contribution in [-0.4, -0.2) is 30.6 Å². The molecule has 0 aliphatic heterocycles. The van der Waals surface area contributed by atoms with Crippen molar-refractivity contribution in [1.29, 1.82) is 0 Å². The van der Waals surface area contributed by atoms with Crippen molar-refractivity contribution < 1.29 is 9.53 Å². The molecule has 1 rings (SSSR count). The Morgan fingerprint density at radius 3 is 2.94 bits per heavy atom. The second-order valence-electron chi connectivity index (χ2n) is 3.48. The van der Waals surface area contributed by atoms with Crippen LogP contribution in [0.25, 0.3) is 0 Å². The number of methoxy groups -OCH3 is 1. The molecule has 1 heterocycles. The molecule has 88 valence electrons. The van der Waals surface area contributed by atoms with Gasteiger partial charge in [-0.3, -0.25) is 9.78 Å². The molecule has 2 atom stereocenters. The van der Waals surface area contributed by atoms with E-state index in [2.05, 4.69) is 10.3 Å². The lowest BCUT2D eigenvalue weighted by atomic mass is 10.1. The predicted octanol–water partition coefficient (Wildman–Crippen LogP) is 0.233. The Balaban J connectivity index is 2.58. The van der Waals surface area contributed by atoms with Crippen molar-refractivity contribution in [2.24, 2.45) is 5.73 Å². The first kappa shape index (κ1) is 12.6. The summed E-state index contributed by atoms with van der Waals surface area (Å²) in [6.07, 6.45) is 2.81. The molecule has 1 aromatic heterocycles. The Morgan fingerprint density at radius 1 is 1.69 bits per heavy atom. The number of nitrogens with two attached hydrogens (primary N) is 1. The molecule has 0 saturated heterocycles. The van der Waals surface area contributed by atoms with Gasteiger partial charge in [0.15, 0.2) is 0 Å². The van der Waals surface area contributed by atoms with Crippen molar-refractivity contribution >= 4 is 5.91 Å². The number of nitrogens with one attached hydrogen (secondary N) is 1. The summed E-state index contributed by atoms with van der Waals surface area (Å²) in [5.74, 6) is -0.207. The highest BCUT2D eigenvalue weighted by molar-refractivity contribution is 5.81. The van der Waals surface area contributed by atoms with Gasteiger partial charge in [0.1, 0.15) is 6.10 Å². The Labute approximate surface area is 95.0 Å². The van der Waals surface area contributed by atoms with Crippen molar-refractivity contribution in [3.63, 3.8) is 0 Å². The summed E-state index contributed by atoms with van der Waals surface area (Å²) >= 11 is 0. The summed E-state index contributed by atoms with van der Waals surface area (Å²) < 4.78 is 4.95. The van der Waals surface area contributed by atoms with Crippen LogP contribution in [0.4, 0.5) is 0 Å². The maximum absolute atomic E-state index is 11.7. The van der Waals surface area contributed by atoms with Crippen LogP contribution in [-0.2, 0) is 9.53 Å². The molecular formula is C11H17N3O2. The molecule has 0 aliphatic carbocycles. The Kier molecular flexibility index (Phi) is 4.88. The summed E-state index contributed by atoms with van der Waals surface area (Å²) in [4.78, 5) is 15.6. The van der Waals surface area contributed by atoms with Crippen molar-refractivity contribution in [3.8, 4) is 0 Å². The summed E-state index contributed by atoms with van der Waals surface area (Å²) in [5, 5.41) is 2.81. The van der Waals surface area contributed by atoms with E-state index in [-0.39, 0.29) is 18.5 Å². The molecule has 0 spiro atoms. The van der Waals surface area contributed by atoms with Crippen molar-refractivity contribution in [1.82, 2.24) is 10.3 Å². The molecule has 1 aromatic rings. The van der Waals surface area contributed by atoms with Crippen molar-refractivity contribution in [2.75, 3.05) is 13.7 Å². The number of aromatic nitrogens is 1. The predicted molar refractivity (Wildman–Crippen MR) is 60.6 cm³/mol. The van der Waals surface area contributed by atoms with E-state index in [1.165, 1.54) is 7.11 Å². The standard InChI is InChI=1S/C11H17N3O2/c1-8(9-4-3-5-13-7-9)14-11(15)10(6-12)16-2/h3-5,7-8,10H,6,12H2,1-2H3,(H,14,15)/t8-,10?/m0/s1. The molecule has 0 bridgehead atoms. The lowest BCUT2D eigenvalue weighted by Crippen LogP contribution is -2.41. The van der Waals surface area contributed by atoms with E-state index in [0.29, 0.717) is 0 Å². The molecule has 0 aliphatic rings. The summed E-state index contributed by atoms with van der Waals surface area (Å²) in [5.41, 5.74) is 6.35. The number of hydrogen-bond acceptors (Lipinski definition) is 4. The Hall–Kier alpha value is -1.46. The third-order valence-corrected chi connectivity index (χ3v) is 2.33. The van der Waals surface area contributed by atoms with Gasteiger partial charge < -0.3 is 15.8 Å². The van der Waals surface area contributed by atoms with Gasteiger partial charge in [0, 0.05) is 26.0 Å². The maximum Gasteiger partial charge on any atom is 0.250 e. The number of rotatable bonds is 5. The first-order valence-corrected chi connectivity index (χ1v) is 5.12. The third kappa shape index (κ3) is 3.29.